The van der Waals surface area contributed by atoms with Crippen LogP contribution in [0.25, 0.3) is 0 Å². The molecule has 4 N–H and O–H groups in total. The molecular formula is C10H14N6O. The number of anilines is 2. The monoisotopic (exact) mass is 234 g/mol. The van der Waals surface area contributed by atoms with Gasteiger partial charge in [0.2, 0.25) is 0 Å². The Kier molecular flexibility index (Phi) is 3.20. The van der Waals surface area contributed by atoms with Gasteiger partial charge in [-0.2, -0.15) is 0 Å². The van der Waals surface area contributed by atoms with Gasteiger partial charge in [0.15, 0.2) is 5.76 Å². The van der Waals surface area contributed by atoms with Crippen LogP contribution in [0, 0.1) is 13.8 Å². The van der Waals surface area contributed by atoms with Crippen LogP contribution in [-0.4, -0.2) is 15.1 Å². The molecule has 0 spiro atoms. The molecule has 0 aromatic carbocycles. The Morgan fingerprint density at radius 2 is 2.06 bits per heavy atom. The molecule has 0 saturated carbocycles. The molecule has 0 aliphatic heterocycles. The van der Waals surface area contributed by atoms with Gasteiger partial charge in [0, 0.05) is 11.6 Å². The molecule has 2 heterocycles. The van der Waals surface area contributed by atoms with Crippen molar-refractivity contribution in [2.75, 3.05) is 10.7 Å². The van der Waals surface area contributed by atoms with Gasteiger partial charge in [-0.05, 0) is 13.8 Å². The number of hydrazine groups is 1. The number of rotatable bonds is 4. The van der Waals surface area contributed by atoms with Crippen LogP contribution in [0.2, 0.25) is 0 Å². The van der Waals surface area contributed by atoms with Crippen molar-refractivity contribution in [1.82, 2.24) is 15.1 Å². The zero-order chi connectivity index (χ0) is 12.3. The van der Waals surface area contributed by atoms with E-state index in [9.17, 15) is 0 Å². The number of aryl methyl sites for hydroxylation is 1. The zero-order valence-corrected chi connectivity index (χ0v) is 9.69. The van der Waals surface area contributed by atoms with Gasteiger partial charge in [-0.15, -0.1) is 0 Å². The molecule has 0 radical (unpaired) electrons. The highest BCUT2D eigenvalue weighted by Crippen LogP contribution is 2.19. The predicted molar refractivity (Wildman–Crippen MR) is 63.1 cm³/mol. The lowest BCUT2D eigenvalue weighted by Gasteiger charge is -2.11. The third kappa shape index (κ3) is 2.51. The quantitative estimate of drug-likeness (QED) is 0.535. The lowest BCUT2D eigenvalue weighted by molar-refractivity contribution is 0.388. The highest BCUT2D eigenvalue weighted by molar-refractivity contribution is 5.56. The number of nitrogens with two attached hydrogens (primary N) is 1. The van der Waals surface area contributed by atoms with Gasteiger partial charge in [-0.3, -0.25) is 0 Å². The zero-order valence-electron chi connectivity index (χ0n) is 9.69. The van der Waals surface area contributed by atoms with Crippen LogP contribution >= 0.6 is 0 Å². The van der Waals surface area contributed by atoms with Gasteiger partial charge in [0.05, 0.1) is 12.7 Å². The first kappa shape index (κ1) is 11.3. The average Bonchev–Trinajstić information content (AvgIpc) is 2.82. The van der Waals surface area contributed by atoms with Crippen LogP contribution in [0.15, 0.2) is 16.8 Å². The number of aromatic nitrogens is 3. The van der Waals surface area contributed by atoms with E-state index in [-0.39, 0.29) is 0 Å². The minimum absolute atomic E-state index is 0.515. The van der Waals surface area contributed by atoms with E-state index in [0.29, 0.717) is 18.2 Å². The third-order valence-electron chi connectivity index (χ3n) is 2.32. The summed E-state index contributed by atoms with van der Waals surface area (Å²) in [4.78, 5) is 8.47. The van der Waals surface area contributed by atoms with Crippen LogP contribution in [0.3, 0.4) is 0 Å². The maximum atomic E-state index is 5.38. The number of nitrogens with one attached hydrogen (secondary N) is 2. The van der Waals surface area contributed by atoms with E-state index < -0.39 is 0 Å². The third-order valence-corrected chi connectivity index (χ3v) is 2.32. The molecule has 0 aliphatic rings. The van der Waals surface area contributed by atoms with Crippen molar-refractivity contribution in [2.24, 2.45) is 5.84 Å². The molecular weight excluding hydrogens is 220 g/mol. The molecule has 0 amide bonds. The maximum absolute atomic E-state index is 5.38. The van der Waals surface area contributed by atoms with Gasteiger partial charge < -0.3 is 15.3 Å². The van der Waals surface area contributed by atoms with E-state index in [2.05, 4.69) is 25.9 Å². The number of nitrogen functional groups attached to an aromatic ring is 1. The van der Waals surface area contributed by atoms with Crippen molar-refractivity contribution in [3.8, 4) is 0 Å². The standard InChI is InChI=1S/C10H14N6O/c1-6-9(12-5-8-3-4-13-17-8)14-7(2)15-10(6)16-11/h3-4H,5,11H2,1-2H3,(H2,12,14,15,16). The molecule has 2 aromatic heterocycles. The van der Waals surface area contributed by atoms with Gasteiger partial charge in [-0.1, -0.05) is 5.16 Å². The number of hydrogen-bond acceptors (Lipinski definition) is 7. The lowest BCUT2D eigenvalue weighted by atomic mass is 10.3. The first-order valence-corrected chi connectivity index (χ1v) is 5.16. The van der Waals surface area contributed by atoms with Gasteiger partial charge in [0.25, 0.3) is 0 Å². The van der Waals surface area contributed by atoms with Crippen molar-refractivity contribution in [3.63, 3.8) is 0 Å². The lowest BCUT2D eigenvalue weighted by Crippen LogP contribution is -2.14. The molecule has 0 atom stereocenters. The molecule has 0 bridgehead atoms. The predicted octanol–water partition coefficient (Wildman–Crippen LogP) is 0.979. The summed E-state index contributed by atoms with van der Waals surface area (Å²) in [5.74, 6) is 8.10. The summed E-state index contributed by atoms with van der Waals surface area (Å²) in [5.41, 5.74) is 3.40. The van der Waals surface area contributed by atoms with Gasteiger partial charge in [-0.25, -0.2) is 15.8 Å². The average molecular weight is 234 g/mol. The molecule has 7 nitrogen and oxygen atoms in total. The van der Waals surface area contributed by atoms with E-state index in [0.717, 1.165) is 17.1 Å². The van der Waals surface area contributed by atoms with Crippen molar-refractivity contribution in [1.29, 1.82) is 0 Å². The van der Waals surface area contributed by atoms with Crippen molar-refractivity contribution in [3.05, 3.63) is 29.4 Å². The van der Waals surface area contributed by atoms with Crippen molar-refractivity contribution in [2.45, 2.75) is 20.4 Å². The molecule has 90 valence electrons. The largest absolute Gasteiger partial charge is 0.362 e. The highest BCUT2D eigenvalue weighted by Gasteiger charge is 2.08. The maximum Gasteiger partial charge on any atom is 0.155 e. The van der Waals surface area contributed by atoms with Crippen LogP contribution in [0.5, 0.6) is 0 Å². The van der Waals surface area contributed by atoms with Gasteiger partial charge in [0.1, 0.15) is 17.5 Å². The van der Waals surface area contributed by atoms with Crippen LogP contribution in [-0.2, 0) is 6.54 Å². The molecule has 2 aromatic rings. The van der Waals surface area contributed by atoms with Crippen molar-refractivity contribution < 1.29 is 4.52 Å². The fourth-order valence-electron chi connectivity index (χ4n) is 1.45. The Bertz CT molecular complexity index is 496. The Balaban J connectivity index is 2.17. The molecule has 2 rings (SSSR count). The highest BCUT2D eigenvalue weighted by atomic mass is 16.5. The topological polar surface area (TPSA) is 102 Å². The van der Waals surface area contributed by atoms with E-state index in [1.165, 1.54) is 0 Å². The summed E-state index contributed by atoms with van der Waals surface area (Å²) in [6.07, 6.45) is 1.60. The van der Waals surface area contributed by atoms with E-state index in [1.54, 1.807) is 19.2 Å². The fraction of sp³-hybridized carbons (Fsp3) is 0.300. The molecule has 17 heavy (non-hydrogen) atoms. The van der Waals surface area contributed by atoms with Crippen LogP contribution in [0.4, 0.5) is 11.6 Å². The Hall–Kier alpha value is -2.15. The van der Waals surface area contributed by atoms with E-state index in [1.807, 2.05) is 6.92 Å². The minimum Gasteiger partial charge on any atom is -0.362 e. The van der Waals surface area contributed by atoms with E-state index in [4.69, 9.17) is 10.4 Å². The second kappa shape index (κ2) is 4.79. The summed E-state index contributed by atoms with van der Waals surface area (Å²) < 4.78 is 4.99. The second-order valence-corrected chi connectivity index (χ2v) is 3.57. The summed E-state index contributed by atoms with van der Waals surface area (Å²) >= 11 is 0. The summed E-state index contributed by atoms with van der Waals surface area (Å²) in [6, 6.07) is 1.79. The molecule has 0 unspecified atom stereocenters. The number of nitrogens with zero attached hydrogens (tertiary/aromatic N) is 3. The SMILES string of the molecule is Cc1nc(NN)c(C)c(NCc2ccno2)n1. The van der Waals surface area contributed by atoms with Crippen LogP contribution < -0.4 is 16.6 Å². The summed E-state index contributed by atoms with van der Waals surface area (Å²) in [7, 11) is 0. The normalized spacial score (nSPS) is 10.3. The first-order valence-electron chi connectivity index (χ1n) is 5.16. The molecule has 0 aliphatic carbocycles. The van der Waals surface area contributed by atoms with E-state index >= 15 is 0 Å². The molecule has 7 heteroatoms. The van der Waals surface area contributed by atoms with Crippen LogP contribution in [0.1, 0.15) is 17.1 Å². The molecule has 0 fully saturated rings. The number of hydrogen-bond donors (Lipinski definition) is 3. The summed E-state index contributed by atoms with van der Waals surface area (Å²) in [6.45, 7) is 4.21. The Morgan fingerprint density at radius 3 is 2.71 bits per heavy atom. The second-order valence-electron chi connectivity index (χ2n) is 3.57. The fourth-order valence-corrected chi connectivity index (χ4v) is 1.45. The van der Waals surface area contributed by atoms with Gasteiger partial charge >= 0.3 is 0 Å². The molecule has 0 saturated heterocycles. The first-order chi connectivity index (χ1) is 8.20. The van der Waals surface area contributed by atoms with Crippen molar-refractivity contribution >= 4 is 11.6 Å². The Morgan fingerprint density at radius 1 is 1.29 bits per heavy atom. The Labute approximate surface area is 98.4 Å². The smallest absolute Gasteiger partial charge is 0.155 e. The minimum atomic E-state index is 0.515. The summed E-state index contributed by atoms with van der Waals surface area (Å²) in [5, 5.41) is 6.78.